The van der Waals surface area contributed by atoms with Gasteiger partial charge in [-0.2, -0.15) is 0 Å². The van der Waals surface area contributed by atoms with E-state index >= 15 is 0 Å². The first-order chi connectivity index (χ1) is 14.7. The zero-order valence-corrected chi connectivity index (χ0v) is 17.2. The molecule has 152 valence electrons. The van der Waals surface area contributed by atoms with Gasteiger partial charge in [-0.1, -0.05) is 24.2 Å². The lowest BCUT2D eigenvalue weighted by atomic mass is 10.1. The second-order valence-electron chi connectivity index (χ2n) is 6.76. The third-order valence-corrected chi connectivity index (χ3v) is 4.75. The minimum Gasteiger partial charge on any atom is -0.457 e. The topological polar surface area (TPSA) is 73.6 Å². The van der Waals surface area contributed by atoms with Gasteiger partial charge in [-0.05, 0) is 42.3 Å². The molecule has 7 nitrogen and oxygen atoms in total. The lowest BCUT2D eigenvalue weighted by Crippen LogP contribution is -1.99. The normalized spacial score (nSPS) is 11.2. The average Bonchev–Trinajstić information content (AvgIpc) is 3.07. The van der Waals surface area contributed by atoms with Crippen LogP contribution in [-0.2, 0) is 18.3 Å². The summed E-state index contributed by atoms with van der Waals surface area (Å²) < 4.78 is 8.01. The minimum atomic E-state index is 0.647. The number of hydrogen-bond donors (Lipinski definition) is 1. The molecule has 2 aromatic carbocycles. The van der Waals surface area contributed by atoms with Crippen molar-refractivity contribution in [3.05, 3.63) is 72.1 Å². The molecule has 0 unspecified atom stereocenters. The fourth-order valence-electron chi connectivity index (χ4n) is 3.11. The van der Waals surface area contributed by atoms with E-state index in [1.165, 1.54) is 18.9 Å². The van der Waals surface area contributed by atoms with Gasteiger partial charge in [0.15, 0.2) is 0 Å². The van der Waals surface area contributed by atoms with E-state index < -0.39 is 0 Å². The molecular formula is C23H23N5O2. The van der Waals surface area contributed by atoms with Gasteiger partial charge in [0.25, 0.3) is 0 Å². The molecule has 2 aromatic heterocycles. The lowest BCUT2D eigenvalue weighted by Gasteiger charge is -2.07. The van der Waals surface area contributed by atoms with Gasteiger partial charge in [0.2, 0.25) is 5.95 Å². The van der Waals surface area contributed by atoms with E-state index in [4.69, 9.17) is 14.6 Å². The number of benzene rings is 2. The van der Waals surface area contributed by atoms with Crippen LogP contribution < -0.4 is 10.1 Å². The summed E-state index contributed by atoms with van der Waals surface area (Å²) in [5, 5.41) is 7.11. The first-order valence-electron chi connectivity index (χ1n) is 9.69. The summed E-state index contributed by atoms with van der Waals surface area (Å²) in [6.07, 6.45) is 4.21. The van der Waals surface area contributed by atoms with Crippen molar-refractivity contribution in [3.63, 3.8) is 0 Å². The van der Waals surface area contributed by atoms with Gasteiger partial charge in [0, 0.05) is 31.1 Å². The summed E-state index contributed by atoms with van der Waals surface area (Å²) in [6.45, 7) is 2.15. The maximum Gasteiger partial charge on any atom is 0.208 e. The second-order valence-corrected chi connectivity index (χ2v) is 6.76. The number of anilines is 2. The summed E-state index contributed by atoms with van der Waals surface area (Å²) >= 11 is 0. The highest BCUT2D eigenvalue weighted by Gasteiger charge is 2.10. The van der Waals surface area contributed by atoms with E-state index in [1.54, 1.807) is 18.3 Å². The van der Waals surface area contributed by atoms with Crippen molar-refractivity contribution in [2.45, 2.75) is 13.3 Å². The molecule has 7 heteroatoms. The molecular weight excluding hydrogens is 378 g/mol. The smallest absolute Gasteiger partial charge is 0.208 e. The van der Waals surface area contributed by atoms with Gasteiger partial charge < -0.3 is 19.5 Å². The second kappa shape index (κ2) is 8.65. The summed E-state index contributed by atoms with van der Waals surface area (Å²) in [6, 6.07) is 17.8. The maximum absolute atomic E-state index is 5.99. The van der Waals surface area contributed by atoms with Crippen molar-refractivity contribution in [1.29, 1.82) is 0 Å². The van der Waals surface area contributed by atoms with Gasteiger partial charge in [0.05, 0.1) is 22.9 Å². The van der Waals surface area contributed by atoms with Crippen LogP contribution in [0.1, 0.15) is 18.2 Å². The van der Waals surface area contributed by atoms with E-state index in [2.05, 4.69) is 46.6 Å². The lowest BCUT2D eigenvalue weighted by molar-refractivity contribution is 0.215. The van der Waals surface area contributed by atoms with Gasteiger partial charge in [-0.15, -0.1) is 0 Å². The van der Waals surface area contributed by atoms with Crippen LogP contribution in [0.4, 0.5) is 11.6 Å². The van der Waals surface area contributed by atoms with Gasteiger partial charge in [0.1, 0.15) is 18.6 Å². The third-order valence-electron chi connectivity index (χ3n) is 4.75. The molecule has 1 N–H and O–H groups in total. The minimum absolute atomic E-state index is 0.647. The molecule has 0 saturated heterocycles. The van der Waals surface area contributed by atoms with E-state index in [0.29, 0.717) is 17.2 Å². The Balaban J connectivity index is 1.56. The first kappa shape index (κ1) is 19.4. The maximum atomic E-state index is 5.99. The number of oxime groups is 1. The van der Waals surface area contributed by atoms with Crippen LogP contribution in [0, 0.1) is 0 Å². The monoisotopic (exact) mass is 401 g/mol. The fourth-order valence-corrected chi connectivity index (χ4v) is 3.11. The van der Waals surface area contributed by atoms with Crippen molar-refractivity contribution >= 4 is 28.9 Å². The number of pyridine rings is 1. The van der Waals surface area contributed by atoms with Crippen molar-refractivity contribution in [3.8, 4) is 11.5 Å². The number of aryl methyl sites for hydroxylation is 2. The van der Waals surface area contributed by atoms with Crippen LogP contribution >= 0.6 is 0 Å². The summed E-state index contributed by atoms with van der Waals surface area (Å²) in [5.74, 6) is 2.13. The molecule has 0 amide bonds. The van der Waals surface area contributed by atoms with Crippen molar-refractivity contribution in [2.75, 3.05) is 12.4 Å². The molecule has 0 spiro atoms. The zero-order chi connectivity index (χ0) is 20.9. The Morgan fingerprint density at radius 2 is 1.87 bits per heavy atom. The fraction of sp³-hybridized carbons (Fsp3) is 0.174. The highest BCUT2D eigenvalue weighted by atomic mass is 16.6. The Labute approximate surface area is 175 Å². The number of nitrogens with one attached hydrogen (secondary N) is 1. The molecule has 0 radical (unpaired) electrons. The van der Waals surface area contributed by atoms with E-state index in [0.717, 1.165) is 29.1 Å². The average molecular weight is 401 g/mol. The Hall–Kier alpha value is -3.87. The van der Waals surface area contributed by atoms with Gasteiger partial charge in [-0.3, -0.25) is 4.98 Å². The standard InChI is InChI=1S/C23H23N5O2/c1-4-16-5-7-17(8-6-16)26-23-27-21-14-19(9-10-22(21)28(23)2)30-20-11-12-24-18(13-20)15-25-29-3/h5-15H,4H2,1-3H3,(H,26,27)/b25-15-. The highest BCUT2D eigenvalue weighted by Crippen LogP contribution is 2.28. The van der Waals surface area contributed by atoms with Gasteiger partial charge >= 0.3 is 0 Å². The van der Waals surface area contributed by atoms with Crippen LogP contribution in [0.25, 0.3) is 11.0 Å². The molecule has 0 aliphatic rings. The van der Waals surface area contributed by atoms with E-state index in [1.807, 2.05) is 29.8 Å². The molecule has 4 aromatic rings. The predicted octanol–water partition coefficient (Wildman–Crippen LogP) is 5.05. The van der Waals surface area contributed by atoms with Crippen LogP contribution in [-0.4, -0.2) is 27.9 Å². The Kier molecular flexibility index (Phi) is 5.61. The predicted molar refractivity (Wildman–Crippen MR) is 119 cm³/mol. The Morgan fingerprint density at radius 1 is 1.07 bits per heavy atom. The summed E-state index contributed by atoms with van der Waals surface area (Å²) in [4.78, 5) is 13.6. The third kappa shape index (κ3) is 4.25. The Morgan fingerprint density at radius 3 is 2.63 bits per heavy atom. The number of nitrogens with zero attached hydrogens (tertiary/aromatic N) is 4. The summed E-state index contributed by atoms with van der Waals surface area (Å²) in [5.41, 5.74) is 4.81. The van der Waals surface area contributed by atoms with Crippen molar-refractivity contribution in [2.24, 2.45) is 12.2 Å². The molecule has 2 heterocycles. The quantitative estimate of drug-likeness (QED) is 0.347. The van der Waals surface area contributed by atoms with Gasteiger partial charge in [-0.25, -0.2) is 4.98 Å². The van der Waals surface area contributed by atoms with Crippen LogP contribution in [0.3, 0.4) is 0 Å². The molecule has 30 heavy (non-hydrogen) atoms. The highest BCUT2D eigenvalue weighted by molar-refractivity contribution is 5.81. The molecule has 0 fully saturated rings. The summed E-state index contributed by atoms with van der Waals surface area (Å²) in [7, 11) is 3.48. The molecule has 4 rings (SSSR count). The number of imidazole rings is 1. The van der Waals surface area contributed by atoms with E-state index in [9.17, 15) is 0 Å². The van der Waals surface area contributed by atoms with Crippen LogP contribution in [0.2, 0.25) is 0 Å². The number of aromatic nitrogens is 3. The molecule has 0 saturated carbocycles. The van der Waals surface area contributed by atoms with Crippen LogP contribution in [0.5, 0.6) is 11.5 Å². The van der Waals surface area contributed by atoms with E-state index in [-0.39, 0.29) is 0 Å². The molecule has 0 atom stereocenters. The van der Waals surface area contributed by atoms with Crippen LogP contribution in [0.15, 0.2) is 65.9 Å². The molecule has 0 aliphatic heterocycles. The number of fused-ring (bicyclic) bond motifs is 1. The number of rotatable bonds is 7. The molecule has 0 bridgehead atoms. The van der Waals surface area contributed by atoms with Crippen molar-refractivity contribution in [1.82, 2.24) is 14.5 Å². The zero-order valence-electron chi connectivity index (χ0n) is 17.2. The largest absolute Gasteiger partial charge is 0.457 e. The molecule has 0 aliphatic carbocycles. The number of hydrogen-bond acceptors (Lipinski definition) is 6. The number of ether oxygens (including phenoxy) is 1. The first-order valence-corrected chi connectivity index (χ1v) is 9.69. The Bertz CT molecular complexity index is 1180. The van der Waals surface area contributed by atoms with Crippen molar-refractivity contribution < 1.29 is 9.57 Å². The SMILES string of the molecule is CCc1ccc(Nc2nc3cc(Oc4ccnc(/C=N\OC)c4)ccc3n2C)cc1.